The molecule has 1 unspecified atom stereocenters. The van der Waals surface area contributed by atoms with Crippen molar-refractivity contribution in [2.75, 3.05) is 20.8 Å². The number of methoxy groups -OCH3 is 2. The van der Waals surface area contributed by atoms with Crippen LogP contribution in [-0.4, -0.2) is 51.4 Å². The van der Waals surface area contributed by atoms with E-state index >= 15 is 0 Å². The van der Waals surface area contributed by atoms with Crippen LogP contribution in [0.4, 0.5) is 8.78 Å². The van der Waals surface area contributed by atoms with Gasteiger partial charge >= 0.3 is 5.92 Å². The Morgan fingerprint density at radius 3 is 2.45 bits per heavy atom. The Balaban J connectivity index is 1.82. The fourth-order valence-corrected chi connectivity index (χ4v) is 2.82. The molecular weight excluding hydrogens is 298 g/mol. The van der Waals surface area contributed by atoms with Crippen molar-refractivity contribution in [3.8, 4) is 0 Å². The Labute approximate surface area is 127 Å². The second-order valence-corrected chi connectivity index (χ2v) is 5.25. The largest absolute Gasteiger partial charge is 0.372 e. The average Bonchev–Trinajstić information content (AvgIpc) is 2.54. The van der Waals surface area contributed by atoms with Crippen LogP contribution in [-0.2, 0) is 23.7 Å². The highest BCUT2D eigenvalue weighted by Gasteiger charge is 2.61. The molecule has 5 atom stereocenters. The monoisotopic (exact) mass is 316 g/mol. The number of rotatable bonds is 3. The highest BCUT2D eigenvalue weighted by molar-refractivity contribution is 5.16. The van der Waals surface area contributed by atoms with Gasteiger partial charge in [0.15, 0.2) is 12.4 Å². The van der Waals surface area contributed by atoms with E-state index in [1.54, 1.807) is 0 Å². The number of hydrogen-bond acceptors (Lipinski definition) is 5. The van der Waals surface area contributed by atoms with Gasteiger partial charge in [0.05, 0.1) is 6.61 Å². The molecule has 2 fully saturated rings. The summed E-state index contributed by atoms with van der Waals surface area (Å²) >= 11 is 0. The lowest BCUT2D eigenvalue weighted by atomic mass is 9.96. The summed E-state index contributed by atoms with van der Waals surface area (Å²) in [5.74, 6) is -3.32. The van der Waals surface area contributed by atoms with E-state index in [0.29, 0.717) is 0 Å². The molecule has 0 aliphatic carbocycles. The van der Waals surface area contributed by atoms with Crippen LogP contribution in [0.5, 0.6) is 0 Å². The van der Waals surface area contributed by atoms with Gasteiger partial charge in [-0.05, 0) is 0 Å². The van der Waals surface area contributed by atoms with E-state index in [1.807, 2.05) is 30.3 Å². The summed E-state index contributed by atoms with van der Waals surface area (Å²) in [4.78, 5) is 0. The van der Waals surface area contributed by atoms with E-state index in [-0.39, 0.29) is 6.61 Å². The minimum absolute atomic E-state index is 0.125. The SMILES string of the molecule is CO[C@H]1O[C@@H]2COC(c3ccccc3)O[C@H]2[C@@H](OC)C1(F)F. The summed E-state index contributed by atoms with van der Waals surface area (Å²) in [5, 5.41) is 0. The van der Waals surface area contributed by atoms with Gasteiger partial charge < -0.3 is 23.7 Å². The molecule has 2 aliphatic rings. The highest BCUT2D eigenvalue weighted by atomic mass is 19.3. The molecule has 0 saturated carbocycles. The Kier molecular flexibility index (Phi) is 4.42. The van der Waals surface area contributed by atoms with Crippen molar-refractivity contribution in [1.29, 1.82) is 0 Å². The molecule has 0 radical (unpaired) electrons. The lowest BCUT2D eigenvalue weighted by molar-refractivity contribution is -0.397. The summed E-state index contributed by atoms with van der Waals surface area (Å²) in [5.41, 5.74) is 0.757. The zero-order chi connectivity index (χ0) is 15.7. The molecule has 2 aliphatic heterocycles. The summed E-state index contributed by atoms with van der Waals surface area (Å²) in [6.07, 6.45) is -5.48. The molecule has 1 aromatic carbocycles. The minimum atomic E-state index is -3.32. The van der Waals surface area contributed by atoms with Gasteiger partial charge in [0.25, 0.3) is 0 Å². The van der Waals surface area contributed by atoms with Gasteiger partial charge in [0, 0.05) is 19.8 Å². The fourth-order valence-electron chi connectivity index (χ4n) is 2.82. The summed E-state index contributed by atoms with van der Waals surface area (Å²) < 4.78 is 55.0. The fraction of sp³-hybridized carbons (Fsp3) is 0.600. The summed E-state index contributed by atoms with van der Waals surface area (Å²) in [6, 6.07) is 9.14. The first-order valence-electron chi connectivity index (χ1n) is 6.98. The van der Waals surface area contributed by atoms with Crippen LogP contribution in [0.3, 0.4) is 0 Å². The summed E-state index contributed by atoms with van der Waals surface area (Å²) in [6.45, 7) is 0.125. The molecule has 0 N–H and O–H groups in total. The zero-order valence-electron chi connectivity index (χ0n) is 12.3. The van der Waals surface area contributed by atoms with Crippen LogP contribution in [0.15, 0.2) is 30.3 Å². The minimum Gasteiger partial charge on any atom is -0.372 e. The predicted molar refractivity (Wildman–Crippen MR) is 71.4 cm³/mol. The Morgan fingerprint density at radius 2 is 1.82 bits per heavy atom. The number of fused-ring (bicyclic) bond motifs is 1. The molecule has 7 heteroatoms. The molecule has 2 heterocycles. The Morgan fingerprint density at radius 1 is 1.09 bits per heavy atom. The normalized spacial score (nSPS) is 37.5. The van der Waals surface area contributed by atoms with Crippen LogP contribution >= 0.6 is 0 Å². The lowest BCUT2D eigenvalue weighted by Gasteiger charge is -2.48. The molecule has 1 aromatic rings. The van der Waals surface area contributed by atoms with Crippen molar-refractivity contribution < 1.29 is 32.5 Å². The number of benzene rings is 1. The van der Waals surface area contributed by atoms with Crippen LogP contribution < -0.4 is 0 Å². The molecule has 0 spiro atoms. The molecule has 0 bridgehead atoms. The molecule has 22 heavy (non-hydrogen) atoms. The molecule has 0 aromatic heterocycles. The molecule has 2 saturated heterocycles. The maximum absolute atomic E-state index is 14.3. The third kappa shape index (κ3) is 2.63. The van der Waals surface area contributed by atoms with E-state index in [0.717, 1.165) is 5.56 Å². The van der Waals surface area contributed by atoms with Crippen LogP contribution in [0.2, 0.25) is 0 Å². The van der Waals surface area contributed by atoms with Crippen molar-refractivity contribution in [2.24, 2.45) is 0 Å². The first kappa shape index (κ1) is 15.8. The van der Waals surface area contributed by atoms with Crippen LogP contribution in [0.1, 0.15) is 11.9 Å². The number of alkyl halides is 2. The molecular formula is C15H18F2O5. The quantitative estimate of drug-likeness (QED) is 0.855. The molecule has 0 amide bonds. The van der Waals surface area contributed by atoms with Crippen molar-refractivity contribution in [2.45, 2.75) is 36.8 Å². The molecule has 3 rings (SSSR count). The smallest absolute Gasteiger partial charge is 0.325 e. The van der Waals surface area contributed by atoms with Crippen LogP contribution in [0.25, 0.3) is 0 Å². The van der Waals surface area contributed by atoms with Crippen molar-refractivity contribution >= 4 is 0 Å². The zero-order valence-corrected chi connectivity index (χ0v) is 12.3. The Hall–Kier alpha value is -1.12. The van der Waals surface area contributed by atoms with Gasteiger partial charge in [0.2, 0.25) is 6.29 Å². The third-order valence-corrected chi connectivity index (χ3v) is 3.89. The van der Waals surface area contributed by atoms with Crippen molar-refractivity contribution in [1.82, 2.24) is 0 Å². The van der Waals surface area contributed by atoms with Crippen LogP contribution in [0, 0.1) is 0 Å². The third-order valence-electron chi connectivity index (χ3n) is 3.89. The van der Waals surface area contributed by atoms with Gasteiger partial charge in [-0.15, -0.1) is 0 Å². The van der Waals surface area contributed by atoms with E-state index < -0.39 is 36.8 Å². The first-order valence-corrected chi connectivity index (χ1v) is 6.98. The van der Waals surface area contributed by atoms with Gasteiger partial charge in [-0.25, -0.2) is 0 Å². The number of ether oxygens (including phenoxy) is 5. The number of hydrogen-bond donors (Lipinski definition) is 0. The molecule has 122 valence electrons. The lowest BCUT2D eigenvalue weighted by Crippen LogP contribution is -2.65. The molecule has 5 nitrogen and oxygen atoms in total. The Bertz CT molecular complexity index is 498. The second kappa shape index (κ2) is 6.17. The average molecular weight is 316 g/mol. The topological polar surface area (TPSA) is 46.2 Å². The van der Waals surface area contributed by atoms with Crippen molar-refractivity contribution in [3.63, 3.8) is 0 Å². The second-order valence-electron chi connectivity index (χ2n) is 5.25. The predicted octanol–water partition coefficient (Wildman–Crippen LogP) is 2.12. The van der Waals surface area contributed by atoms with Gasteiger partial charge in [0.1, 0.15) is 12.2 Å². The van der Waals surface area contributed by atoms with Gasteiger partial charge in [-0.3, -0.25) is 0 Å². The van der Waals surface area contributed by atoms with Crippen molar-refractivity contribution in [3.05, 3.63) is 35.9 Å². The maximum Gasteiger partial charge on any atom is 0.325 e. The van der Waals surface area contributed by atoms with E-state index in [9.17, 15) is 8.78 Å². The van der Waals surface area contributed by atoms with Gasteiger partial charge in [-0.2, -0.15) is 8.78 Å². The van der Waals surface area contributed by atoms with E-state index in [1.165, 1.54) is 14.2 Å². The standard InChI is InChI=1S/C15H18F2O5/c1-18-12-11-10(21-14(19-2)15(12,16)17)8-20-13(22-11)9-6-4-3-5-7-9/h3-7,10-14H,8H2,1-2H3/t10-,11-,12-,13?,14+/m1/s1. The number of halogens is 2. The van der Waals surface area contributed by atoms with Gasteiger partial charge in [-0.1, -0.05) is 30.3 Å². The maximum atomic E-state index is 14.3. The first-order chi connectivity index (χ1) is 10.6. The van der Waals surface area contributed by atoms with E-state index in [2.05, 4.69) is 0 Å². The highest BCUT2D eigenvalue weighted by Crippen LogP contribution is 2.42. The van der Waals surface area contributed by atoms with E-state index in [4.69, 9.17) is 23.7 Å². The summed E-state index contributed by atoms with van der Waals surface area (Å²) in [7, 11) is 2.40.